The molecule has 0 bridgehead atoms. The van der Waals surface area contributed by atoms with Crippen LogP contribution in [0.3, 0.4) is 0 Å². The molecule has 0 radical (unpaired) electrons. The van der Waals surface area contributed by atoms with Crippen LogP contribution in [0.5, 0.6) is 0 Å². The summed E-state index contributed by atoms with van der Waals surface area (Å²) in [5, 5.41) is -0.407. The van der Waals surface area contributed by atoms with Crippen LogP contribution in [0.25, 0.3) is 0 Å². The highest BCUT2D eigenvalue weighted by molar-refractivity contribution is 7.90. The van der Waals surface area contributed by atoms with E-state index in [1.807, 2.05) is 32.9 Å². The summed E-state index contributed by atoms with van der Waals surface area (Å²) in [6.45, 7) is 9.26. The molecular weight excluding hydrogens is 234 g/mol. The first-order valence-corrected chi connectivity index (χ1v) is 7.37. The zero-order valence-corrected chi connectivity index (χ0v) is 11.9. The number of aryl methyl sites for hydroxylation is 2. The van der Waals surface area contributed by atoms with Crippen LogP contribution in [0.4, 0.5) is 0 Å². The first-order chi connectivity index (χ1) is 7.74. The second-order valence-electron chi connectivity index (χ2n) is 4.79. The van der Waals surface area contributed by atoms with Crippen LogP contribution in [-0.4, -0.2) is 13.7 Å². The third kappa shape index (κ3) is 3.54. The normalized spacial score (nSPS) is 14.0. The Hall–Kier alpha value is -0.870. The molecule has 1 aromatic rings. The van der Waals surface area contributed by atoms with Crippen LogP contribution < -0.4 is 4.72 Å². The fourth-order valence-electron chi connectivity index (χ4n) is 1.76. The Balaban J connectivity index is 2.95. The molecule has 0 aromatic heterocycles. The van der Waals surface area contributed by atoms with Crippen molar-refractivity contribution in [2.75, 3.05) is 0 Å². The van der Waals surface area contributed by atoms with Gasteiger partial charge in [-0.05, 0) is 45.7 Å². The summed E-state index contributed by atoms with van der Waals surface area (Å²) >= 11 is 0. The molecule has 0 aliphatic rings. The maximum atomic E-state index is 11.8. The second-order valence-corrected chi connectivity index (χ2v) is 7.06. The van der Waals surface area contributed by atoms with Gasteiger partial charge in [-0.25, -0.2) is 13.1 Å². The summed E-state index contributed by atoms with van der Waals surface area (Å²) in [6.07, 6.45) is 0. The molecule has 96 valence electrons. The lowest BCUT2D eigenvalue weighted by Gasteiger charge is -2.18. The van der Waals surface area contributed by atoms with Crippen LogP contribution in [0.1, 0.15) is 43.5 Å². The minimum atomic E-state index is -3.22. The van der Waals surface area contributed by atoms with Crippen LogP contribution in [-0.2, 0) is 10.0 Å². The quantitative estimate of drug-likeness (QED) is 0.899. The average Bonchev–Trinajstić information content (AvgIpc) is 2.15. The van der Waals surface area contributed by atoms with E-state index in [2.05, 4.69) is 10.8 Å². The van der Waals surface area contributed by atoms with Gasteiger partial charge in [0.05, 0.1) is 5.25 Å². The van der Waals surface area contributed by atoms with Crippen LogP contribution >= 0.6 is 0 Å². The Bertz CT molecular complexity index is 492. The van der Waals surface area contributed by atoms with Crippen molar-refractivity contribution in [3.8, 4) is 0 Å². The van der Waals surface area contributed by atoms with E-state index in [1.165, 1.54) is 5.56 Å². The zero-order valence-electron chi connectivity index (χ0n) is 11.1. The van der Waals surface area contributed by atoms with Crippen molar-refractivity contribution in [1.29, 1.82) is 0 Å². The third-order valence-electron chi connectivity index (χ3n) is 2.85. The van der Waals surface area contributed by atoms with Crippen LogP contribution in [0.2, 0.25) is 0 Å². The van der Waals surface area contributed by atoms with E-state index in [1.54, 1.807) is 13.8 Å². The van der Waals surface area contributed by atoms with Crippen LogP contribution in [0, 0.1) is 13.8 Å². The number of nitrogens with one attached hydrogen (secondary N) is 1. The standard InChI is InChI=1S/C13H21NO2S/c1-9(2)17(15,16)14-12(5)13-7-6-10(3)8-11(13)4/h6-9,12,14H,1-5H3. The largest absolute Gasteiger partial charge is 0.214 e. The first kappa shape index (κ1) is 14.2. The van der Waals surface area contributed by atoms with Crippen molar-refractivity contribution in [3.63, 3.8) is 0 Å². The van der Waals surface area contributed by atoms with Gasteiger partial charge in [0.2, 0.25) is 10.0 Å². The molecule has 1 unspecified atom stereocenters. The lowest BCUT2D eigenvalue weighted by Crippen LogP contribution is -2.33. The number of benzene rings is 1. The molecule has 0 saturated carbocycles. The van der Waals surface area contributed by atoms with Gasteiger partial charge in [-0.3, -0.25) is 0 Å². The Morgan fingerprint density at radius 3 is 2.18 bits per heavy atom. The van der Waals surface area contributed by atoms with E-state index in [0.717, 1.165) is 11.1 Å². The van der Waals surface area contributed by atoms with E-state index in [4.69, 9.17) is 0 Å². The van der Waals surface area contributed by atoms with Gasteiger partial charge < -0.3 is 0 Å². The smallest absolute Gasteiger partial charge is 0.212 e. The lowest BCUT2D eigenvalue weighted by atomic mass is 10.0. The highest BCUT2D eigenvalue weighted by atomic mass is 32.2. The number of hydrogen-bond donors (Lipinski definition) is 1. The third-order valence-corrected chi connectivity index (χ3v) is 4.78. The van der Waals surface area contributed by atoms with Crippen molar-refractivity contribution in [2.24, 2.45) is 0 Å². The van der Waals surface area contributed by atoms with Crippen LogP contribution in [0.15, 0.2) is 18.2 Å². The predicted molar refractivity (Wildman–Crippen MR) is 71.5 cm³/mol. The average molecular weight is 255 g/mol. The van der Waals surface area contributed by atoms with E-state index < -0.39 is 15.3 Å². The molecule has 0 spiro atoms. The topological polar surface area (TPSA) is 46.2 Å². The Kier molecular flexibility index (Phi) is 4.33. The van der Waals surface area contributed by atoms with E-state index in [0.29, 0.717) is 0 Å². The highest BCUT2D eigenvalue weighted by Gasteiger charge is 2.20. The van der Waals surface area contributed by atoms with Gasteiger partial charge in [0, 0.05) is 6.04 Å². The maximum absolute atomic E-state index is 11.8. The van der Waals surface area contributed by atoms with Crippen molar-refractivity contribution < 1.29 is 8.42 Å². The van der Waals surface area contributed by atoms with Gasteiger partial charge in [-0.2, -0.15) is 0 Å². The molecule has 3 nitrogen and oxygen atoms in total. The van der Waals surface area contributed by atoms with Gasteiger partial charge in [-0.1, -0.05) is 23.8 Å². The van der Waals surface area contributed by atoms with Crippen molar-refractivity contribution in [3.05, 3.63) is 34.9 Å². The molecule has 0 saturated heterocycles. The van der Waals surface area contributed by atoms with Gasteiger partial charge >= 0.3 is 0 Å². The van der Waals surface area contributed by atoms with Crippen molar-refractivity contribution in [2.45, 2.75) is 45.9 Å². The molecule has 1 atom stereocenters. The fraction of sp³-hybridized carbons (Fsp3) is 0.538. The minimum absolute atomic E-state index is 0.192. The number of hydrogen-bond acceptors (Lipinski definition) is 2. The van der Waals surface area contributed by atoms with Crippen molar-refractivity contribution >= 4 is 10.0 Å². The molecule has 1 rings (SSSR count). The molecule has 0 aliphatic heterocycles. The van der Waals surface area contributed by atoms with E-state index >= 15 is 0 Å². The SMILES string of the molecule is Cc1ccc(C(C)NS(=O)(=O)C(C)C)c(C)c1. The predicted octanol–water partition coefficient (Wildman–Crippen LogP) is 2.69. The number of sulfonamides is 1. The first-order valence-electron chi connectivity index (χ1n) is 5.82. The van der Waals surface area contributed by atoms with E-state index in [-0.39, 0.29) is 6.04 Å². The summed E-state index contributed by atoms with van der Waals surface area (Å²) in [5.41, 5.74) is 3.33. The minimum Gasteiger partial charge on any atom is -0.212 e. The molecular formula is C13H21NO2S. The van der Waals surface area contributed by atoms with Gasteiger partial charge in [0.25, 0.3) is 0 Å². The maximum Gasteiger partial charge on any atom is 0.214 e. The van der Waals surface area contributed by atoms with Gasteiger partial charge in [0.15, 0.2) is 0 Å². The molecule has 1 aromatic carbocycles. The zero-order chi connectivity index (χ0) is 13.2. The van der Waals surface area contributed by atoms with Gasteiger partial charge in [-0.15, -0.1) is 0 Å². The fourth-order valence-corrected chi connectivity index (χ4v) is 2.65. The molecule has 4 heteroatoms. The Labute approximate surface area is 104 Å². The highest BCUT2D eigenvalue weighted by Crippen LogP contribution is 2.19. The lowest BCUT2D eigenvalue weighted by molar-refractivity contribution is 0.557. The Morgan fingerprint density at radius 2 is 1.71 bits per heavy atom. The summed E-state index contributed by atoms with van der Waals surface area (Å²) < 4.78 is 26.3. The molecule has 17 heavy (non-hydrogen) atoms. The molecule has 1 N–H and O–H groups in total. The Morgan fingerprint density at radius 1 is 1.12 bits per heavy atom. The monoisotopic (exact) mass is 255 g/mol. The molecule has 0 heterocycles. The summed E-state index contributed by atoms with van der Waals surface area (Å²) in [4.78, 5) is 0. The molecule has 0 aliphatic carbocycles. The summed E-state index contributed by atoms with van der Waals surface area (Å²) in [6, 6.07) is 5.86. The van der Waals surface area contributed by atoms with Crippen molar-refractivity contribution in [1.82, 2.24) is 4.72 Å². The summed E-state index contributed by atoms with van der Waals surface area (Å²) in [7, 11) is -3.22. The second kappa shape index (κ2) is 5.19. The van der Waals surface area contributed by atoms with E-state index in [9.17, 15) is 8.42 Å². The number of rotatable bonds is 4. The van der Waals surface area contributed by atoms with Gasteiger partial charge in [0.1, 0.15) is 0 Å². The molecule has 0 fully saturated rings. The molecule has 0 amide bonds. The summed E-state index contributed by atoms with van der Waals surface area (Å²) in [5.74, 6) is 0.